The average molecular weight is 247 g/mol. The predicted octanol–water partition coefficient (Wildman–Crippen LogP) is 3.31. The third-order valence-electron chi connectivity index (χ3n) is 2.65. The third kappa shape index (κ3) is 2.53. The summed E-state index contributed by atoms with van der Waals surface area (Å²) >= 11 is 1.60. The molecule has 0 amide bonds. The van der Waals surface area contributed by atoms with Crippen LogP contribution in [0, 0.1) is 6.92 Å². The van der Waals surface area contributed by atoms with Crippen LogP contribution >= 0.6 is 11.3 Å². The van der Waals surface area contributed by atoms with Gasteiger partial charge in [0, 0.05) is 16.6 Å². The third-order valence-corrected chi connectivity index (χ3v) is 3.66. The normalized spacial score (nSPS) is 12.4. The smallest absolute Gasteiger partial charge is 0.310 e. The molecule has 0 saturated heterocycles. The molecular formula is C13H13NO2S. The summed E-state index contributed by atoms with van der Waals surface area (Å²) < 4.78 is 0. The van der Waals surface area contributed by atoms with Gasteiger partial charge in [-0.2, -0.15) is 0 Å². The van der Waals surface area contributed by atoms with Crippen molar-refractivity contribution in [3.63, 3.8) is 0 Å². The lowest BCUT2D eigenvalue weighted by Gasteiger charge is -2.06. The number of carboxylic acid groups (broad SMARTS) is 1. The largest absolute Gasteiger partial charge is 0.481 e. The molecule has 17 heavy (non-hydrogen) atoms. The predicted molar refractivity (Wildman–Crippen MR) is 68.3 cm³/mol. The molecule has 2 rings (SSSR count). The number of aliphatic carboxylic acids is 1. The Hall–Kier alpha value is -1.68. The number of hydrogen-bond acceptors (Lipinski definition) is 3. The molecule has 0 aliphatic carbocycles. The van der Waals surface area contributed by atoms with E-state index in [1.54, 1.807) is 18.3 Å². The van der Waals surface area contributed by atoms with Crippen LogP contribution in [0.15, 0.2) is 29.6 Å². The molecule has 0 aliphatic rings. The summed E-state index contributed by atoms with van der Waals surface area (Å²) in [4.78, 5) is 15.2. The highest BCUT2D eigenvalue weighted by Crippen LogP contribution is 2.25. The lowest BCUT2D eigenvalue weighted by Crippen LogP contribution is -2.06. The summed E-state index contributed by atoms with van der Waals surface area (Å²) in [7, 11) is 0. The molecule has 1 unspecified atom stereocenters. The Morgan fingerprint density at radius 2 is 2.00 bits per heavy atom. The summed E-state index contributed by atoms with van der Waals surface area (Å²) in [5.74, 6) is -1.27. The SMILES string of the molecule is Cc1csc(-c2ccc(C(C)C(=O)O)cc2)n1. The maximum absolute atomic E-state index is 10.8. The number of rotatable bonds is 3. The number of thiazole rings is 1. The van der Waals surface area contributed by atoms with Crippen molar-refractivity contribution in [3.05, 3.63) is 40.9 Å². The van der Waals surface area contributed by atoms with Gasteiger partial charge in [0.25, 0.3) is 0 Å². The van der Waals surface area contributed by atoms with Crippen molar-refractivity contribution in [2.75, 3.05) is 0 Å². The van der Waals surface area contributed by atoms with Crippen LogP contribution in [0.4, 0.5) is 0 Å². The van der Waals surface area contributed by atoms with Gasteiger partial charge < -0.3 is 5.11 Å². The van der Waals surface area contributed by atoms with Crippen LogP contribution in [0.3, 0.4) is 0 Å². The van der Waals surface area contributed by atoms with E-state index in [1.165, 1.54) is 0 Å². The van der Waals surface area contributed by atoms with Gasteiger partial charge in [-0.25, -0.2) is 4.98 Å². The Balaban J connectivity index is 2.27. The van der Waals surface area contributed by atoms with E-state index in [2.05, 4.69) is 4.98 Å². The highest BCUT2D eigenvalue weighted by atomic mass is 32.1. The second kappa shape index (κ2) is 4.67. The summed E-state index contributed by atoms with van der Waals surface area (Å²) in [6.07, 6.45) is 0. The Morgan fingerprint density at radius 1 is 1.35 bits per heavy atom. The molecular weight excluding hydrogens is 234 g/mol. The van der Waals surface area contributed by atoms with E-state index < -0.39 is 11.9 Å². The molecule has 1 aromatic heterocycles. The van der Waals surface area contributed by atoms with Gasteiger partial charge in [0.2, 0.25) is 0 Å². The van der Waals surface area contributed by atoms with E-state index in [4.69, 9.17) is 5.11 Å². The van der Waals surface area contributed by atoms with Gasteiger partial charge in [0.05, 0.1) is 5.92 Å². The van der Waals surface area contributed by atoms with Crippen molar-refractivity contribution < 1.29 is 9.90 Å². The highest BCUT2D eigenvalue weighted by molar-refractivity contribution is 7.13. The quantitative estimate of drug-likeness (QED) is 0.905. The minimum Gasteiger partial charge on any atom is -0.481 e. The van der Waals surface area contributed by atoms with E-state index >= 15 is 0 Å². The second-order valence-corrected chi connectivity index (χ2v) is 4.83. The second-order valence-electron chi connectivity index (χ2n) is 3.98. The molecule has 0 bridgehead atoms. The fourth-order valence-corrected chi connectivity index (χ4v) is 2.35. The highest BCUT2D eigenvalue weighted by Gasteiger charge is 2.13. The molecule has 0 fully saturated rings. The molecule has 1 atom stereocenters. The van der Waals surface area contributed by atoms with Crippen molar-refractivity contribution in [3.8, 4) is 10.6 Å². The molecule has 88 valence electrons. The number of hydrogen-bond donors (Lipinski definition) is 1. The van der Waals surface area contributed by atoms with E-state index in [9.17, 15) is 4.79 Å². The van der Waals surface area contributed by atoms with Crippen molar-refractivity contribution in [2.24, 2.45) is 0 Å². The maximum Gasteiger partial charge on any atom is 0.310 e. The van der Waals surface area contributed by atoms with Gasteiger partial charge in [-0.05, 0) is 19.4 Å². The van der Waals surface area contributed by atoms with Crippen LogP contribution in [0.25, 0.3) is 10.6 Å². The molecule has 0 saturated carbocycles. The van der Waals surface area contributed by atoms with Crippen LogP contribution in [0.1, 0.15) is 24.1 Å². The first-order valence-corrected chi connectivity index (χ1v) is 6.21. The van der Waals surface area contributed by atoms with E-state index in [-0.39, 0.29) is 0 Å². The van der Waals surface area contributed by atoms with E-state index in [0.717, 1.165) is 21.8 Å². The first kappa shape index (κ1) is 11.8. The van der Waals surface area contributed by atoms with E-state index in [1.807, 2.05) is 36.6 Å². The lowest BCUT2D eigenvalue weighted by atomic mass is 10.0. The Labute approximate surface area is 104 Å². The van der Waals surface area contributed by atoms with Crippen molar-refractivity contribution in [1.29, 1.82) is 0 Å². The summed E-state index contributed by atoms with van der Waals surface area (Å²) in [5.41, 5.74) is 2.85. The zero-order chi connectivity index (χ0) is 12.4. The van der Waals surface area contributed by atoms with Gasteiger partial charge in [-0.15, -0.1) is 11.3 Å². The first-order valence-electron chi connectivity index (χ1n) is 5.33. The summed E-state index contributed by atoms with van der Waals surface area (Å²) in [6.45, 7) is 3.64. The zero-order valence-corrected chi connectivity index (χ0v) is 10.5. The van der Waals surface area contributed by atoms with Gasteiger partial charge >= 0.3 is 5.97 Å². The molecule has 0 spiro atoms. The van der Waals surface area contributed by atoms with Crippen molar-refractivity contribution in [1.82, 2.24) is 4.98 Å². The standard InChI is InChI=1S/C13H13NO2S/c1-8-7-17-12(14-8)11-5-3-10(4-6-11)9(2)13(15)16/h3-7,9H,1-2H3,(H,15,16). The molecule has 2 aromatic rings. The molecule has 1 N–H and O–H groups in total. The number of carbonyl (C=O) groups is 1. The fraction of sp³-hybridized carbons (Fsp3) is 0.231. The van der Waals surface area contributed by atoms with Crippen LogP contribution in [0.2, 0.25) is 0 Å². The summed E-state index contributed by atoms with van der Waals surface area (Å²) in [5, 5.41) is 11.9. The Bertz CT molecular complexity index is 531. The molecule has 0 aliphatic heterocycles. The minimum absolute atomic E-state index is 0.470. The van der Waals surface area contributed by atoms with Gasteiger partial charge in [0.1, 0.15) is 5.01 Å². The Kier molecular flexibility index (Phi) is 3.24. The first-order chi connectivity index (χ1) is 8.08. The summed E-state index contributed by atoms with van der Waals surface area (Å²) in [6, 6.07) is 7.55. The maximum atomic E-state index is 10.8. The average Bonchev–Trinajstić information content (AvgIpc) is 2.75. The van der Waals surface area contributed by atoms with Crippen molar-refractivity contribution in [2.45, 2.75) is 19.8 Å². The number of carboxylic acids is 1. The molecule has 4 heteroatoms. The number of aryl methyl sites for hydroxylation is 1. The molecule has 3 nitrogen and oxygen atoms in total. The monoisotopic (exact) mass is 247 g/mol. The van der Waals surface area contributed by atoms with Crippen LogP contribution in [-0.2, 0) is 4.79 Å². The Morgan fingerprint density at radius 3 is 2.47 bits per heavy atom. The minimum atomic E-state index is -0.803. The lowest BCUT2D eigenvalue weighted by molar-refractivity contribution is -0.138. The van der Waals surface area contributed by atoms with E-state index in [0.29, 0.717) is 0 Å². The number of nitrogens with zero attached hydrogens (tertiary/aromatic N) is 1. The molecule has 0 radical (unpaired) electrons. The number of benzene rings is 1. The zero-order valence-electron chi connectivity index (χ0n) is 9.68. The molecule has 1 aromatic carbocycles. The van der Waals surface area contributed by atoms with Gasteiger partial charge in [0.15, 0.2) is 0 Å². The number of aromatic nitrogens is 1. The topological polar surface area (TPSA) is 50.2 Å². The molecule has 1 heterocycles. The van der Waals surface area contributed by atoms with Crippen LogP contribution in [0.5, 0.6) is 0 Å². The van der Waals surface area contributed by atoms with Crippen LogP contribution < -0.4 is 0 Å². The van der Waals surface area contributed by atoms with Gasteiger partial charge in [-0.3, -0.25) is 4.79 Å². The van der Waals surface area contributed by atoms with Gasteiger partial charge in [-0.1, -0.05) is 24.3 Å². The van der Waals surface area contributed by atoms with Crippen molar-refractivity contribution >= 4 is 17.3 Å². The van der Waals surface area contributed by atoms with Crippen LogP contribution in [-0.4, -0.2) is 16.1 Å². The fourth-order valence-electron chi connectivity index (χ4n) is 1.54.